The number of carbonyl (C=O) groups is 1. The molecule has 2 heterocycles. The largest absolute Gasteiger partial charge is 0.497 e. The summed E-state index contributed by atoms with van der Waals surface area (Å²) in [7, 11) is 3.09. The van der Waals surface area contributed by atoms with Crippen molar-refractivity contribution in [1.29, 1.82) is 0 Å². The van der Waals surface area contributed by atoms with Crippen LogP contribution in [-0.4, -0.2) is 35.4 Å². The van der Waals surface area contributed by atoms with Crippen molar-refractivity contribution < 1.29 is 14.3 Å². The van der Waals surface area contributed by atoms with Crippen molar-refractivity contribution in [3.63, 3.8) is 0 Å². The van der Waals surface area contributed by atoms with Crippen LogP contribution in [0.25, 0.3) is 10.2 Å². The van der Waals surface area contributed by atoms with Gasteiger partial charge >= 0.3 is 0 Å². The zero-order valence-corrected chi connectivity index (χ0v) is 19.2. The number of methoxy groups -OCH3 is 2. The molecule has 0 aliphatic heterocycles. The maximum absolute atomic E-state index is 13.1. The molecule has 0 saturated heterocycles. The number of nitrogens with zero attached hydrogens (tertiary/aromatic N) is 2. The van der Waals surface area contributed by atoms with E-state index < -0.39 is 0 Å². The number of thioether (sulfide) groups is 1. The number of nitrogens with one attached hydrogen (secondary N) is 1. The maximum atomic E-state index is 13.1. The molecule has 2 aromatic heterocycles. The summed E-state index contributed by atoms with van der Waals surface area (Å²) in [6.45, 7) is 0.386. The number of benzene rings is 2. The number of amides is 1. The second-order valence-corrected chi connectivity index (χ2v) is 8.67. The van der Waals surface area contributed by atoms with Crippen molar-refractivity contribution in [2.24, 2.45) is 0 Å². The Labute approximate surface area is 193 Å². The van der Waals surface area contributed by atoms with E-state index in [0.717, 1.165) is 5.56 Å². The zero-order valence-electron chi connectivity index (χ0n) is 17.5. The molecule has 9 heteroatoms. The SMILES string of the molecule is COc1ccc(NC(=O)CSc2nc3ccsc3c(=O)n2Cc2ccccc2)c(OC)c1. The lowest BCUT2D eigenvalue weighted by atomic mass is 10.2. The molecule has 2 aromatic carbocycles. The van der Waals surface area contributed by atoms with Gasteiger partial charge in [0.1, 0.15) is 16.2 Å². The predicted molar refractivity (Wildman–Crippen MR) is 128 cm³/mol. The van der Waals surface area contributed by atoms with E-state index in [1.807, 2.05) is 41.8 Å². The van der Waals surface area contributed by atoms with Crippen molar-refractivity contribution in [3.8, 4) is 11.5 Å². The molecule has 1 N–H and O–H groups in total. The zero-order chi connectivity index (χ0) is 22.5. The minimum Gasteiger partial charge on any atom is -0.497 e. The number of thiophene rings is 1. The third-order valence-corrected chi connectivity index (χ3v) is 6.60. The van der Waals surface area contributed by atoms with Gasteiger partial charge in [-0.25, -0.2) is 4.98 Å². The predicted octanol–water partition coefficient (Wildman–Crippen LogP) is 4.25. The van der Waals surface area contributed by atoms with E-state index in [4.69, 9.17) is 9.47 Å². The van der Waals surface area contributed by atoms with Crippen molar-refractivity contribution in [2.75, 3.05) is 25.3 Å². The maximum Gasteiger partial charge on any atom is 0.272 e. The highest BCUT2D eigenvalue weighted by molar-refractivity contribution is 7.99. The molecule has 0 aliphatic carbocycles. The van der Waals surface area contributed by atoms with Crippen LogP contribution in [0.2, 0.25) is 0 Å². The van der Waals surface area contributed by atoms with Gasteiger partial charge in [-0.2, -0.15) is 0 Å². The van der Waals surface area contributed by atoms with Crippen LogP contribution in [0.4, 0.5) is 5.69 Å². The Morgan fingerprint density at radius 1 is 1.12 bits per heavy atom. The summed E-state index contributed by atoms with van der Waals surface area (Å²) in [4.78, 5) is 30.4. The number of hydrogen-bond donors (Lipinski definition) is 1. The Balaban J connectivity index is 1.55. The highest BCUT2D eigenvalue weighted by Crippen LogP contribution is 2.29. The van der Waals surface area contributed by atoms with E-state index >= 15 is 0 Å². The fraction of sp³-hybridized carbons (Fsp3) is 0.174. The van der Waals surface area contributed by atoms with Gasteiger partial charge in [0.05, 0.1) is 37.7 Å². The molecule has 7 nitrogen and oxygen atoms in total. The third kappa shape index (κ3) is 4.79. The number of anilines is 1. The Hall–Kier alpha value is -3.30. The molecular formula is C23H21N3O4S2. The summed E-state index contributed by atoms with van der Waals surface area (Å²) in [6.07, 6.45) is 0. The summed E-state index contributed by atoms with van der Waals surface area (Å²) in [6, 6.07) is 16.7. The standard InChI is InChI=1S/C23H21N3O4S2/c1-29-16-8-9-17(19(12-16)30-2)24-20(27)14-32-23-25-18-10-11-31-21(18)22(28)26(23)13-15-6-4-3-5-7-15/h3-12H,13-14H2,1-2H3,(H,24,27). The Kier molecular flexibility index (Phi) is 6.77. The van der Waals surface area contributed by atoms with Gasteiger partial charge < -0.3 is 14.8 Å². The van der Waals surface area contributed by atoms with E-state index in [2.05, 4.69) is 10.3 Å². The Bertz CT molecular complexity index is 1300. The molecule has 0 fully saturated rings. The Morgan fingerprint density at radius 3 is 2.69 bits per heavy atom. The highest BCUT2D eigenvalue weighted by atomic mass is 32.2. The number of hydrogen-bond acceptors (Lipinski definition) is 7. The van der Waals surface area contributed by atoms with Gasteiger partial charge in [0.2, 0.25) is 5.91 Å². The fourth-order valence-electron chi connectivity index (χ4n) is 3.16. The van der Waals surface area contributed by atoms with Gasteiger partial charge in [-0.15, -0.1) is 11.3 Å². The molecule has 32 heavy (non-hydrogen) atoms. The van der Waals surface area contributed by atoms with Crippen LogP contribution in [0.5, 0.6) is 11.5 Å². The van der Waals surface area contributed by atoms with Gasteiger partial charge in [-0.3, -0.25) is 14.2 Å². The first-order valence-corrected chi connectivity index (χ1v) is 11.6. The molecule has 0 saturated carbocycles. The topological polar surface area (TPSA) is 82.5 Å². The smallest absolute Gasteiger partial charge is 0.272 e. The van der Waals surface area contributed by atoms with Gasteiger partial charge in [0, 0.05) is 6.07 Å². The first-order chi connectivity index (χ1) is 15.6. The fourth-order valence-corrected chi connectivity index (χ4v) is 4.73. The third-order valence-electron chi connectivity index (χ3n) is 4.73. The monoisotopic (exact) mass is 467 g/mol. The van der Waals surface area contributed by atoms with Crippen molar-refractivity contribution >= 4 is 44.9 Å². The summed E-state index contributed by atoms with van der Waals surface area (Å²) < 4.78 is 12.8. The second kappa shape index (κ2) is 9.88. The molecule has 0 radical (unpaired) electrons. The number of fused-ring (bicyclic) bond motifs is 1. The van der Waals surface area contributed by atoms with Gasteiger partial charge in [0.25, 0.3) is 5.56 Å². The molecule has 4 rings (SSSR count). The second-order valence-electron chi connectivity index (χ2n) is 6.81. The average Bonchev–Trinajstić information content (AvgIpc) is 3.29. The van der Waals surface area contributed by atoms with Gasteiger partial charge in [-0.05, 0) is 29.1 Å². The first kappa shape index (κ1) is 21.9. The molecule has 4 aromatic rings. The minimum atomic E-state index is -0.232. The van der Waals surface area contributed by atoms with Crippen LogP contribution in [-0.2, 0) is 11.3 Å². The molecule has 0 unspecified atom stereocenters. The first-order valence-electron chi connectivity index (χ1n) is 9.75. The van der Waals surface area contributed by atoms with Gasteiger partial charge in [0.15, 0.2) is 5.16 Å². The number of rotatable bonds is 8. The quantitative estimate of drug-likeness (QED) is 0.308. The van der Waals surface area contributed by atoms with Crippen molar-refractivity contribution in [3.05, 3.63) is 75.9 Å². The van der Waals surface area contributed by atoms with E-state index in [0.29, 0.717) is 39.1 Å². The molecule has 0 atom stereocenters. The lowest BCUT2D eigenvalue weighted by Gasteiger charge is -2.13. The summed E-state index contributed by atoms with van der Waals surface area (Å²) in [5.41, 5.74) is 2.07. The molecule has 1 amide bonds. The average molecular weight is 468 g/mol. The Morgan fingerprint density at radius 2 is 1.94 bits per heavy atom. The lowest BCUT2D eigenvalue weighted by Crippen LogP contribution is -2.24. The van der Waals surface area contributed by atoms with E-state index in [-0.39, 0.29) is 17.2 Å². The minimum absolute atomic E-state index is 0.0893. The van der Waals surface area contributed by atoms with E-state index in [9.17, 15) is 9.59 Å². The van der Waals surface area contributed by atoms with Gasteiger partial charge in [-0.1, -0.05) is 42.1 Å². The molecular weight excluding hydrogens is 446 g/mol. The summed E-state index contributed by atoms with van der Waals surface area (Å²) in [5.74, 6) is 0.991. The normalized spacial score (nSPS) is 10.8. The number of aromatic nitrogens is 2. The van der Waals surface area contributed by atoms with Crippen LogP contribution in [0, 0.1) is 0 Å². The lowest BCUT2D eigenvalue weighted by molar-refractivity contribution is -0.113. The van der Waals surface area contributed by atoms with Crippen molar-refractivity contribution in [1.82, 2.24) is 9.55 Å². The van der Waals surface area contributed by atoms with E-state index in [1.54, 1.807) is 29.9 Å². The van der Waals surface area contributed by atoms with Crippen molar-refractivity contribution in [2.45, 2.75) is 11.7 Å². The van der Waals surface area contributed by atoms with E-state index in [1.165, 1.54) is 30.2 Å². The van der Waals surface area contributed by atoms with Crippen LogP contribution in [0.3, 0.4) is 0 Å². The van der Waals surface area contributed by atoms with Crippen LogP contribution in [0.15, 0.2) is 69.9 Å². The van der Waals surface area contributed by atoms with Crippen LogP contribution >= 0.6 is 23.1 Å². The number of ether oxygens (including phenoxy) is 2. The molecule has 164 valence electrons. The molecule has 0 aliphatic rings. The number of carbonyl (C=O) groups excluding carboxylic acids is 1. The summed E-state index contributed by atoms with van der Waals surface area (Å²) in [5, 5.41) is 5.20. The van der Waals surface area contributed by atoms with Crippen LogP contribution < -0.4 is 20.3 Å². The van der Waals surface area contributed by atoms with Crippen LogP contribution in [0.1, 0.15) is 5.56 Å². The summed E-state index contributed by atoms with van der Waals surface area (Å²) >= 11 is 2.60. The molecule has 0 bridgehead atoms. The molecule has 0 spiro atoms. The highest BCUT2D eigenvalue weighted by Gasteiger charge is 2.16.